The molecule has 186 valence electrons. The lowest BCUT2D eigenvalue weighted by Crippen LogP contribution is -2.37. The summed E-state index contributed by atoms with van der Waals surface area (Å²) in [6.07, 6.45) is 3.76. The number of hydrogen-bond acceptors (Lipinski definition) is 5. The van der Waals surface area contributed by atoms with Crippen molar-refractivity contribution >= 4 is 43.5 Å². The molecule has 0 saturated heterocycles. The SMILES string of the molecule is CC(C)C1C(C)CCCC1OCC(=O)Cl.O=C(Cl)C(c1ccccc1)S(=O)(=O)c1ccccc1. The third-order valence-corrected chi connectivity index (χ3v) is 8.60. The summed E-state index contributed by atoms with van der Waals surface area (Å²) in [6.45, 7) is 6.79. The number of rotatable bonds is 8. The number of sulfone groups is 1. The summed E-state index contributed by atoms with van der Waals surface area (Å²) in [6, 6.07) is 16.0. The average molecular weight is 528 g/mol. The molecule has 2 aromatic carbocycles. The van der Waals surface area contributed by atoms with Crippen molar-refractivity contribution in [2.24, 2.45) is 17.8 Å². The molecule has 1 aliphatic carbocycles. The van der Waals surface area contributed by atoms with Crippen LogP contribution in [0.4, 0.5) is 0 Å². The smallest absolute Gasteiger partial charge is 0.247 e. The minimum Gasteiger partial charge on any atom is -0.369 e. The van der Waals surface area contributed by atoms with Gasteiger partial charge in [-0.05, 0) is 65.1 Å². The van der Waals surface area contributed by atoms with E-state index in [-0.39, 0.29) is 17.6 Å². The van der Waals surface area contributed by atoms with Crippen LogP contribution in [0.1, 0.15) is 50.8 Å². The predicted octanol–water partition coefficient (Wildman–Crippen LogP) is 6.20. The normalized spacial score (nSPS) is 21.3. The summed E-state index contributed by atoms with van der Waals surface area (Å²) >= 11 is 10.8. The molecule has 5 nitrogen and oxygen atoms in total. The summed E-state index contributed by atoms with van der Waals surface area (Å²) in [5.74, 6) is 1.86. The molecule has 0 aliphatic heterocycles. The van der Waals surface area contributed by atoms with E-state index in [0.29, 0.717) is 23.3 Å². The van der Waals surface area contributed by atoms with Crippen molar-refractivity contribution in [3.8, 4) is 0 Å². The molecule has 0 radical (unpaired) electrons. The summed E-state index contributed by atoms with van der Waals surface area (Å²) < 4.78 is 30.5. The van der Waals surface area contributed by atoms with Crippen molar-refractivity contribution in [1.82, 2.24) is 0 Å². The third kappa shape index (κ3) is 7.91. The van der Waals surface area contributed by atoms with Crippen molar-refractivity contribution in [3.63, 3.8) is 0 Å². The van der Waals surface area contributed by atoms with Crippen LogP contribution in [0.3, 0.4) is 0 Å². The monoisotopic (exact) mass is 526 g/mol. The van der Waals surface area contributed by atoms with Crippen molar-refractivity contribution in [1.29, 1.82) is 0 Å². The average Bonchev–Trinajstić information content (AvgIpc) is 2.79. The van der Waals surface area contributed by atoms with Gasteiger partial charge in [-0.25, -0.2) is 8.42 Å². The minimum atomic E-state index is -3.83. The Labute approximate surface area is 212 Å². The van der Waals surface area contributed by atoms with Gasteiger partial charge >= 0.3 is 0 Å². The van der Waals surface area contributed by atoms with Gasteiger partial charge in [-0.15, -0.1) is 0 Å². The molecule has 1 aliphatic rings. The predicted molar refractivity (Wildman–Crippen MR) is 136 cm³/mol. The molecular formula is C26H32Cl2O5S. The fraction of sp³-hybridized carbons (Fsp3) is 0.462. The molecule has 3 rings (SSSR count). The molecule has 4 unspecified atom stereocenters. The first-order valence-corrected chi connectivity index (χ1v) is 13.7. The molecule has 1 saturated carbocycles. The van der Waals surface area contributed by atoms with E-state index in [0.717, 1.165) is 6.42 Å². The van der Waals surface area contributed by atoms with Crippen molar-refractivity contribution < 1.29 is 22.7 Å². The number of halogens is 2. The topological polar surface area (TPSA) is 77.5 Å². The van der Waals surface area contributed by atoms with Gasteiger partial charge < -0.3 is 4.74 Å². The van der Waals surface area contributed by atoms with Gasteiger partial charge in [0.15, 0.2) is 15.1 Å². The highest BCUT2D eigenvalue weighted by Gasteiger charge is 2.35. The van der Waals surface area contributed by atoms with E-state index in [4.69, 9.17) is 27.9 Å². The maximum Gasteiger partial charge on any atom is 0.247 e. The van der Waals surface area contributed by atoms with Gasteiger partial charge in [-0.3, -0.25) is 9.59 Å². The summed E-state index contributed by atoms with van der Waals surface area (Å²) in [4.78, 5) is 22.3. The van der Waals surface area contributed by atoms with Crippen LogP contribution >= 0.6 is 23.2 Å². The van der Waals surface area contributed by atoms with Crippen LogP contribution in [0.5, 0.6) is 0 Å². The fourth-order valence-corrected chi connectivity index (χ4v) is 6.76. The quantitative estimate of drug-likeness (QED) is 0.382. The van der Waals surface area contributed by atoms with Gasteiger partial charge in [0, 0.05) is 0 Å². The Morgan fingerprint density at radius 3 is 2.03 bits per heavy atom. The van der Waals surface area contributed by atoms with E-state index in [1.165, 1.54) is 25.0 Å². The Hall–Kier alpha value is -1.73. The summed E-state index contributed by atoms with van der Waals surface area (Å²) in [5, 5.41) is -2.68. The lowest BCUT2D eigenvalue weighted by molar-refractivity contribution is -0.122. The van der Waals surface area contributed by atoms with Crippen molar-refractivity contribution in [2.45, 2.75) is 56.3 Å². The maximum absolute atomic E-state index is 12.5. The second kappa shape index (κ2) is 13.4. The van der Waals surface area contributed by atoms with E-state index < -0.39 is 25.6 Å². The van der Waals surface area contributed by atoms with Gasteiger partial charge in [-0.1, -0.05) is 82.1 Å². The van der Waals surface area contributed by atoms with Crippen LogP contribution in [0, 0.1) is 17.8 Å². The zero-order chi connectivity index (χ0) is 25.3. The van der Waals surface area contributed by atoms with Gasteiger partial charge in [0.1, 0.15) is 6.61 Å². The first-order valence-electron chi connectivity index (χ1n) is 11.4. The van der Waals surface area contributed by atoms with E-state index in [1.54, 1.807) is 48.5 Å². The van der Waals surface area contributed by atoms with Crippen LogP contribution < -0.4 is 0 Å². The fourth-order valence-electron chi connectivity index (χ4n) is 4.65. The second-order valence-corrected chi connectivity index (χ2v) is 11.7. The Morgan fingerprint density at radius 2 is 1.53 bits per heavy atom. The molecule has 2 aromatic rings. The number of benzene rings is 2. The molecule has 1 fully saturated rings. The Bertz CT molecular complexity index is 1030. The van der Waals surface area contributed by atoms with Gasteiger partial charge in [-0.2, -0.15) is 0 Å². The number of carbonyl (C=O) groups excluding carboxylic acids is 2. The molecule has 0 N–H and O–H groups in total. The summed E-state index contributed by atoms with van der Waals surface area (Å²) in [5.41, 5.74) is 0.367. The van der Waals surface area contributed by atoms with Gasteiger partial charge in [0.25, 0.3) is 0 Å². The largest absolute Gasteiger partial charge is 0.369 e. The molecule has 0 amide bonds. The van der Waals surface area contributed by atoms with E-state index in [1.807, 2.05) is 0 Å². The molecule has 8 heteroatoms. The third-order valence-electron chi connectivity index (χ3n) is 6.11. The van der Waals surface area contributed by atoms with E-state index in [9.17, 15) is 18.0 Å². The Morgan fingerprint density at radius 1 is 0.971 bits per heavy atom. The highest BCUT2D eigenvalue weighted by molar-refractivity contribution is 7.92. The maximum atomic E-state index is 12.5. The molecule has 0 spiro atoms. The Balaban J connectivity index is 0.000000248. The second-order valence-electron chi connectivity index (χ2n) is 8.89. The van der Waals surface area contributed by atoms with Crippen LogP contribution in [0.15, 0.2) is 65.6 Å². The molecule has 0 heterocycles. The van der Waals surface area contributed by atoms with Crippen LogP contribution in [0.25, 0.3) is 0 Å². The first-order chi connectivity index (χ1) is 16.1. The molecular weight excluding hydrogens is 495 g/mol. The number of hydrogen-bond donors (Lipinski definition) is 0. The molecule has 34 heavy (non-hydrogen) atoms. The summed E-state index contributed by atoms with van der Waals surface area (Å²) in [7, 11) is -3.83. The van der Waals surface area contributed by atoms with E-state index >= 15 is 0 Å². The van der Waals surface area contributed by atoms with Crippen molar-refractivity contribution in [3.05, 3.63) is 66.2 Å². The minimum absolute atomic E-state index is 0.0577. The molecule has 4 atom stereocenters. The standard InChI is InChI=1S/C14H11ClO3S.C12H21ClO2/c15-14(16)13(11-7-3-1-4-8-11)19(17,18)12-9-5-2-6-10-12;1-8(2)12-9(3)5-4-6-10(12)15-7-11(13)14/h1-10,13H;8-10,12H,4-7H2,1-3H3. The van der Waals surface area contributed by atoms with Gasteiger partial charge in [0.05, 0.1) is 11.0 Å². The van der Waals surface area contributed by atoms with Crippen LogP contribution in [0.2, 0.25) is 0 Å². The van der Waals surface area contributed by atoms with Crippen molar-refractivity contribution in [2.75, 3.05) is 6.61 Å². The molecule has 0 bridgehead atoms. The zero-order valence-corrected chi connectivity index (χ0v) is 22.0. The molecule has 0 aromatic heterocycles. The van der Waals surface area contributed by atoms with Gasteiger partial charge in [0.2, 0.25) is 10.5 Å². The zero-order valence-electron chi connectivity index (χ0n) is 19.7. The Kier molecular flexibility index (Phi) is 11.2. The number of ether oxygens (including phenoxy) is 1. The highest BCUT2D eigenvalue weighted by Crippen LogP contribution is 2.36. The van der Waals surface area contributed by atoms with Crippen LogP contribution in [-0.4, -0.2) is 31.6 Å². The van der Waals surface area contributed by atoms with E-state index in [2.05, 4.69) is 20.8 Å². The lowest BCUT2D eigenvalue weighted by Gasteiger charge is -2.38. The lowest BCUT2D eigenvalue weighted by atomic mass is 9.72. The first kappa shape index (κ1) is 28.5. The highest BCUT2D eigenvalue weighted by atomic mass is 35.5. The number of carbonyl (C=O) groups is 2. The van der Waals surface area contributed by atoms with Crippen LogP contribution in [-0.2, 0) is 24.2 Å².